The number of piperidine rings is 1. The highest BCUT2D eigenvalue weighted by atomic mass is 16.5. The first-order valence-electron chi connectivity index (χ1n) is 11.6. The van der Waals surface area contributed by atoms with Crippen molar-refractivity contribution in [3.05, 3.63) is 30.5 Å². The Morgan fingerprint density at radius 3 is 2.61 bits per heavy atom. The van der Waals surface area contributed by atoms with Crippen molar-refractivity contribution in [2.24, 2.45) is 0 Å². The van der Waals surface area contributed by atoms with E-state index in [4.69, 9.17) is 9.72 Å². The van der Waals surface area contributed by atoms with Gasteiger partial charge in [-0.3, -0.25) is 9.89 Å². The fourth-order valence-electron chi connectivity index (χ4n) is 4.40. The van der Waals surface area contributed by atoms with Crippen LogP contribution in [0, 0.1) is 0 Å². The molecular weight excluding hydrogens is 420 g/mol. The summed E-state index contributed by atoms with van der Waals surface area (Å²) in [5.74, 6) is 1.48. The molecule has 0 aliphatic carbocycles. The highest BCUT2D eigenvalue weighted by Crippen LogP contribution is 2.26. The van der Waals surface area contributed by atoms with E-state index >= 15 is 0 Å². The Morgan fingerprint density at radius 2 is 1.88 bits per heavy atom. The molecule has 3 aromatic rings. The van der Waals surface area contributed by atoms with Crippen molar-refractivity contribution in [3.63, 3.8) is 0 Å². The number of likely N-dealkylation sites (tertiary alicyclic amines) is 1. The van der Waals surface area contributed by atoms with Gasteiger partial charge in [-0.1, -0.05) is 6.92 Å². The third kappa shape index (κ3) is 4.85. The van der Waals surface area contributed by atoms with Crippen molar-refractivity contribution in [3.8, 4) is 0 Å². The number of anilines is 4. The van der Waals surface area contributed by atoms with Gasteiger partial charge in [-0.25, -0.2) is 0 Å². The highest BCUT2D eigenvalue weighted by Gasteiger charge is 2.23. The molecule has 1 amide bonds. The van der Waals surface area contributed by atoms with E-state index in [0.717, 1.165) is 69.1 Å². The summed E-state index contributed by atoms with van der Waals surface area (Å²) < 4.78 is 5.44. The minimum absolute atomic E-state index is 0.221. The number of aromatic nitrogens is 4. The summed E-state index contributed by atoms with van der Waals surface area (Å²) in [7, 11) is 0. The van der Waals surface area contributed by atoms with Crippen LogP contribution in [0.15, 0.2) is 30.5 Å². The second kappa shape index (κ2) is 9.62. The van der Waals surface area contributed by atoms with E-state index in [9.17, 15) is 4.79 Å². The molecule has 0 atom stereocenters. The number of ether oxygens (including phenoxy) is 1. The van der Waals surface area contributed by atoms with Crippen LogP contribution >= 0.6 is 0 Å². The van der Waals surface area contributed by atoms with E-state index in [2.05, 4.69) is 42.8 Å². The maximum atomic E-state index is 12.0. The first-order valence-corrected chi connectivity index (χ1v) is 11.6. The third-order valence-corrected chi connectivity index (χ3v) is 6.30. The lowest BCUT2D eigenvalue weighted by Gasteiger charge is -2.32. The van der Waals surface area contributed by atoms with Crippen LogP contribution in [0.1, 0.15) is 26.2 Å². The third-order valence-electron chi connectivity index (χ3n) is 6.30. The van der Waals surface area contributed by atoms with E-state index < -0.39 is 0 Å². The van der Waals surface area contributed by atoms with Crippen LogP contribution in [0.4, 0.5) is 23.1 Å². The molecule has 0 bridgehead atoms. The quantitative estimate of drug-likeness (QED) is 0.526. The summed E-state index contributed by atoms with van der Waals surface area (Å²) >= 11 is 0. The van der Waals surface area contributed by atoms with Crippen LogP contribution < -0.4 is 15.5 Å². The number of hydrogen-bond donors (Lipinski definition) is 3. The summed E-state index contributed by atoms with van der Waals surface area (Å²) in [4.78, 5) is 25.5. The summed E-state index contributed by atoms with van der Waals surface area (Å²) in [6, 6.07) is 8.54. The number of morpholine rings is 1. The van der Waals surface area contributed by atoms with Crippen molar-refractivity contribution in [2.45, 2.75) is 32.2 Å². The predicted octanol–water partition coefficient (Wildman–Crippen LogP) is 2.75. The van der Waals surface area contributed by atoms with Gasteiger partial charge in [0.1, 0.15) is 5.82 Å². The molecule has 3 N–H and O–H groups in total. The second-order valence-electron chi connectivity index (χ2n) is 8.45. The summed E-state index contributed by atoms with van der Waals surface area (Å²) in [6.07, 6.45) is 4.08. The molecule has 0 saturated carbocycles. The molecule has 10 nitrogen and oxygen atoms in total. The smallest absolute Gasteiger partial charge is 0.231 e. The molecule has 0 unspecified atom stereocenters. The average Bonchev–Trinajstić information content (AvgIpc) is 3.34. The number of carbonyl (C=O) groups excluding carboxylic acids is 1. The number of nitrogens with one attached hydrogen (secondary N) is 3. The molecular formula is C23H30N8O2. The van der Waals surface area contributed by atoms with Crippen molar-refractivity contribution >= 4 is 40.1 Å². The fraction of sp³-hybridized carbons (Fsp3) is 0.478. The molecule has 10 heteroatoms. The standard InChI is InChI=1S/C23H30N8O2/c1-2-20(32)31-9-7-17(8-10-31)25-21-19-15-24-29-22(19)28-23(27-21)26-16-3-5-18(6-4-16)30-11-13-33-14-12-30/h3-6,15,17H,2,7-14H2,1H3,(H3,24,25,26,27,28,29). The van der Waals surface area contributed by atoms with E-state index in [1.165, 1.54) is 5.69 Å². The van der Waals surface area contributed by atoms with Gasteiger partial charge in [0.15, 0.2) is 5.65 Å². The van der Waals surface area contributed by atoms with Crippen LogP contribution in [0.3, 0.4) is 0 Å². The molecule has 174 valence electrons. The molecule has 4 heterocycles. The first kappa shape index (κ1) is 21.4. The normalized spacial score (nSPS) is 17.4. The first-order chi connectivity index (χ1) is 16.2. The number of rotatable bonds is 6. The molecule has 2 saturated heterocycles. The van der Waals surface area contributed by atoms with Crippen molar-refractivity contribution in [1.82, 2.24) is 25.1 Å². The van der Waals surface area contributed by atoms with Gasteiger partial charge in [0.25, 0.3) is 0 Å². The van der Waals surface area contributed by atoms with E-state index in [-0.39, 0.29) is 11.9 Å². The minimum Gasteiger partial charge on any atom is -0.378 e. The number of carbonyl (C=O) groups is 1. The van der Waals surface area contributed by atoms with Gasteiger partial charge >= 0.3 is 0 Å². The predicted molar refractivity (Wildman–Crippen MR) is 128 cm³/mol. The number of amides is 1. The van der Waals surface area contributed by atoms with Gasteiger partial charge in [0.05, 0.1) is 24.8 Å². The lowest BCUT2D eigenvalue weighted by molar-refractivity contribution is -0.131. The summed E-state index contributed by atoms with van der Waals surface area (Å²) in [5.41, 5.74) is 2.78. The molecule has 33 heavy (non-hydrogen) atoms. The lowest BCUT2D eigenvalue weighted by Crippen LogP contribution is -2.42. The van der Waals surface area contributed by atoms with Gasteiger partial charge in [0, 0.05) is 50.0 Å². The maximum absolute atomic E-state index is 12.0. The molecule has 1 aromatic carbocycles. The van der Waals surface area contributed by atoms with Gasteiger partial charge in [0.2, 0.25) is 11.9 Å². The Morgan fingerprint density at radius 1 is 1.12 bits per heavy atom. The summed E-state index contributed by atoms with van der Waals surface area (Å²) in [6.45, 7) is 6.80. The zero-order valence-electron chi connectivity index (χ0n) is 18.9. The average molecular weight is 451 g/mol. The monoisotopic (exact) mass is 450 g/mol. The topological polar surface area (TPSA) is 111 Å². The van der Waals surface area contributed by atoms with Crippen molar-refractivity contribution < 1.29 is 9.53 Å². The van der Waals surface area contributed by atoms with Crippen molar-refractivity contribution in [1.29, 1.82) is 0 Å². The highest BCUT2D eigenvalue weighted by molar-refractivity contribution is 5.87. The second-order valence-corrected chi connectivity index (χ2v) is 8.45. The Bertz CT molecular complexity index is 1090. The maximum Gasteiger partial charge on any atom is 0.231 e. The van der Waals surface area contributed by atoms with Gasteiger partial charge in [-0.2, -0.15) is 15.1 Å². The van der Waals surface area contributed by atoms with Gasteiger partial charge in [-0.05, 0) is 37.1 Å². The van der Waals surface area contributed by atoms with Crippen LogP contribution in [0.5, 0.6) is 0 Å². The Labute approximate surface area is 192 Å². The van der Waals surface area contributed by atoms with E-state index in [1.54, 1.807) is 6.20 Å². The number of fused-ring (bicyclic) bond motifs is 1. The summed E-state index contributed by atoms with van der Waals surface area (Å²) in [5, 5.41) is 14.8. The zero-order chi connectivity index (χ0) is 22.6. The number of aromatic amines is 1. The van der Waals surface area contributed by atoms with E-state index in [0.29, 0.717) is 18.0 Å². The van der Waals surface area contributed by atoms with Crippen LogP contribution in [-0.2, 0) is 9.53 Å². The van der Waals surface area contributed by atoms with Crippen LogP contribution in [0.2, 0.25) is 0 Å². The number of hydrogen-bond acceptors (Lipinski definition) is 8. The Kier molecular flexibility index (Phi) is 6.25. The Balaban J connectivity index is 1.28. The SMILES string of the molecule is CCC(=O)N1CCC(Nc2nc(Nc3ccc(N4CCOCC4)cc3)nc3[nH]ncc23)CC1. The number of benzene rings is 1. The molecule has 2 aromatic heterocycles. The molecule has 5 rings (SSSR count). The molecule has 0 radical (unpaired) electrons. The Hall–Kier alpha value is -3.40. The lowest BCUT2D eigenvalue weighted by atomic mass is 10.0. The van der Waals surface area contributed by atoms with E-state index in [1.807, 2.05) is 24.0 Å². The van der Waals surface area contributed by atoms with Crippen molar-refractivity contribution in [2.75, 3.05) is 54.9 Å². The number of nitrogens with zero attached hydrogens (tertiary/aromatic N) is 5. The number of H-pyrrole nitrogens is 1. The molecule has 0 spiro atoms. The fourth-order valence-corrected chi connectivity index (χ4v) is 4.40. The largest absolute Gasteiger partial charge is 0.378 e. The van der Waals surface area contributed by atoms with Crippen LogP contribution in [-0.4, -0.2) is 76.4 Å². The zero-order valence-corrected chi connectivity index (χ0v) is 18.9. The van der Waals surface area contributed by atoms with Crippen LogP contribution in [0.25, 0.3) is 11.0 Å². The molecule has 2 aliphatic rings. The molecule has 2 fully saturated rings. The minimum atomic E-state index is 0.221. The molecule has 2 aliphatic heterocycles. The van der Waals surface area contributed by atoms with Gasteiger partial charge in [-0.15, -0.1) is 0 Å². The van der Waals surface area contributed by atoms with Gasteiger partial charge < -0.3 is 25.2 Å².